The third-order valence-corrected chi connectivity index (χ3v) is 5.18. The van der Waals surface area contributed by atoms with Crippen molar-refractivity contribution < 1.29 is 40.6 Å². The van der Waals surface area contributed by atoms with Gasteiger partial charge in [-0.3, -0.25) is 0 Å². The zero-order chi connectivity index (χ0) is 22.0. The Labute approximate surface area is 162 Å². The SMILES string of the molecule is Cc1c(Oc2cc(F)cc(C#N)c2)ccc(S(=O)(=O)C(F)(F)F)c1C=CC(=O)O. The molecule has 0 aliphatic heterocycles. The molecule has 0 amide bonds. The molecule has 0 saturated heterocycles. The highest BCUT2D eigenvalue weighted by molar-refractivity contribution is 7.92. The molecule has 0 bridgehead atoms. The number of carboxylic acid groups (broad SMARTS) is 1. The first kappa shape index (κ1) is 21.9. The van der Waals surface area contributed by atoms with Crippen LogP contribution in [0, 0.1) is 24.1 Å². The van der Waals surface area contributed by atoms with Crippen molar-refractivity contribution in [1.82, 2.24) is 0 Å². The molecule has 0 aliphatic carbocycles. The first-order chi connectivity index (χ1) is 13.4. The highest BCUT2D eigenvalue weighted by atomic mass is 32.2. The first-order valence-corrected chi connectivity index (χ1v) is 9.09. The summed E-state index contributed by atoms with van der Waals surface area (Å²) in [5, 5.41) is 17.6. The Morgan fingerprint density at radius 3 is 2.45 bits per heavy atom. The van der Waals surface area contributed by atoms with E-state index in [0.717, 1.165) is 24.3 Å². The minimum atomic E-state index is -5.79. The molecule has 0 aromatic heterocycles. The van der Waals surface area contributed by atoms with E-state index in [1.54, 1.807) is 6.07 Å². The largest absolute Gasteiger partial charge is 0.501 e. The van der Waals surface area contributed by atoms with Crippen LogP contribution >= 0.6 is 0 Å². The van der Waals surface area contributed by atoms with Gasteiger partial charge >= 0.3 is 11.5 Å². The number of benzene rings is 2. The maximum atomic E-state index is 13.5. The van der Waals surface area contributed by atoms with Crippen molar-refractivity contribution in [2.75, 3.05) is 0 Å². The van der Waals surface area contributed by atoms with Gasteiger partial charge in [-0.2, -0.15) is 18.4 Å². The minimum absolute atomic E-state index is 0.0834. The summed E-state index contributed by atoms with van der Waals surface area (Å²) in [5.41, 5.74) is -6.40. The van der Waals surface area contributed by atoms with Crippen LogP contribution in [-0.2, 0) is 14.6 Å². The summed E-state index contributed by atoms with van der Waals surface area (Å²) < 4.78 is 81.5. The second-order valence-electron chi connectivity index (χ2n) is 5.61. The Balaban J connectivity index is 2.66. The number of ether oxygens (including phenoxy) is 1. The van der Waals surface area contributed by atoms with Gasteiger partial charge in [0.25, 0.3) is 9.84 Å². The number of aliphatic carboxylic acids is 1. The highest BCUT2D eigenvalue weighted by Crippen LogP contribution is 2.38. The normalized spacial score (nSPS) is 12.0. The van der Waals surface area contributed by atoms with Crippen molar-refractivity contribution in [1.29, 1.82) is 5.26 Å². The van der Waals surface area contributed by atoms with Crippen LogP contribution in [0.15, 0.2) is 41.3 Å². The lowest BCUT2D eigenvalue weighted by atomic mass is 10.1. The molecule has 0 unspecified atom stereocenters. The summed E-state index contributed by atoms with van der Waals surface area (Å²) in [5.74, 6) is -2.65. The molecule has 29 heavy (non-hydrogen) atoms. The minimum Gasteiger partial charge on any atom is -0.478 e. The smallest absolute Gasteiger partial charge is 0.478 e. The van der Waals surface area contributed by atoms with Gasteiger partial charge in [0.2, 0.25) is 0 Å². The quantitative estimate of drug-likeness (QED) is 0.565. The maximum Gasteiger partial charge on any atom is 0.501 e. The molecule has 2 rings (SSSR count). The Kier molecular flexibility index (Phi) is 5.98. The standard InChI is InChI=1S/C18H11F4NO5S/c1-10-14(2-5-17(24)25)16(29(26,27)18(20,21)22)4-3-15(10)28-13-7-11(9-23)6-12(19)8-13/h2-8H,1H3,(H,24,25). The molecule has 0 aliphatic rings. The van der Waals surface area contributed by atoms with Crippen LogP contribution in [0.5, 0.6) is 11.5 Å². The second-order valence-corrected chi connectivity index (χ2v) is 7.52. The van der Waals surface area contributed by atoms with E-state index in [1.165, 1.54) is 6.92 Å². The predicted molar refractivity (Wildman–Crippen MR) is 92.3 cm³/mol. The molecule has 0 fully saturated rings. The van der Waals surface area contributed by atoms with Crippen LogP contribution < -0.4 is 4.74 Å². The second kappa shape index (κ2) is 7.92. The summed E-state index contributed by atoms with van der Waals surface area (Å²) in [4.78, 5) is 9.60. The molecular formula is C18H11F4NO5S. The molecule has 1 N–H and O–H groups in total. The van der Waals surface area contributed by atoms with Crippen LogP contribution in [0.4, 0.5) is 17.6 Å². The number of hydrogen-bond donors (Lipinski definition) is 1. The zero-order valence-electron chi connectivity index (χ0n) is 14.5. The summed E-state index contributed by atoms with van der Waals surface area (Å²) >= 11 is 0. The number of rotatable bonds is 5. The molecular weight excluding hydrogens is 418 g/mol. The van der Waals surface area contributed by atoms with Gasteiger partial charge in [-0.1, -0.05) is 0 Å². The van der Waals surface area contributed by atoms with Gasteiger partial charge in [-0.25, -0.2) is 17.6 Å². The van der Waals surface area contributed by atoms with Crippen molar-refractivity contribution >= 4 is 21.9 Å². The molecule has 11 heteroatoms. The molecule has 0 radical (unpaired) electrons. The van der Waals surface area contributed by atoms with E-state index < -0.39 is 37.6 Å². The topological polar surface area (TPSA) is 104 Å². The van der Waals surface area contributed by atoms with Crippen molar-refractivity contribution in [2.24, 2.45) is 0 Å². The maximum absolute atomic E-state index is 13.5. The van der Waals surface area contributed by atoms with Crippen molar-refractivity contribution in [3.05, 3.63) is 58.9 Å². The van der Waals surface area contributed by atoms with Crippen molar-refractivity contribution in [2.45, 2.75) is 17.3 Å². The van der Waals surface area contributed by atoms with Crippen LogP contribution in [0.25, 0.3) is 6.08 Å². The lowest BCUT2D eigenvalue weighted by molar-refractivity contribution is -0.131. The van der Waals surface area contributed by atoms with Gasteiger partial charge in [0.05, 0.1) is 16.5 Å². The Bertz CT molecular complexity index is 1150. The highest BCUT2D eigenvalue weighted by Gasteiger charge is 2.48. The van der Waals surface area contributed by atoms with E-state index in [2.05, 4.69) is 0 Å². The molecule has 2 aromatic carbocycles. The van der Waals surface area contributed by atoms with E-state index in [-0.39, 0.29) is 22.6 Å². The van der Waals surface area contributed by atoms with E-state index in [0.29, 0.717) is 18.2 Å². The molecule has 6 nitrogen and oxygen atoms in total. The van der Waals surface area contributed by atoms with Gasteiger partial charge in [0.1, 0.15) is 17.3 Å². The van der Waals surface area contributed by atoms with Gasteiger partial charge in [-0.05, 0) is 37.3 Å². The van der Waals surface area contributed by atoms with Gasteiger partial charge in [-0.15, -0.1) is 0 Å². The van der Waals surface area contributed by atoms with Gasteiger partial charge < -0.3 is 9.84 Å². The number of sulfone groups is 1. The predicted octanol–water partition coefficient (Wildman–Crippen LogP) is 4.19. The summed E-state index contributed by atoms with van der Waals surface area (Å²) in [6.07, 6.45) is 1.16. The van der Waals surface area contributed by atoms with Crippen LogP contribution in [0.1, 0.15) is 16.7 Å². The number of carbonyl (C=O) groups is 1. The average molecular weight is 429 g/mol. The fourth-order valence-electron chi connectivity index (χ4n) is 2.33. The number of nitriles is 1. The number of alkyl halides is 3. The van der Waals surface area contributed by atoms with E-state index in [4.69, 9.17) is 15.1 Å². The molecule has 152 valence electrons. The van der Waals surface area contributed by atoms with Gasteiger partial charge in [0, 0.05) is 23.3 Å². The summed E-state index contributed by atoms with van der Waals surface area (Å²) in [6.45, 7) is 1.21. The van der Waals surface area contributed by atoms with E-state index in [9.17, 15) is 30.8 Å². The third-order valence-electron chi connectivity index (χ3n) is 3.64. The monoisotopic (exact) mass is 429 g/mol. The Hall–Kier alpha value is -3.39. The summed E-state index contributed by atoms with van der Waals surface area (Å²) in [7, 11) is -5.79. The molecule has 0 atom stereocenters. The van der Waals surface area contributed by atoms with Crippen LogP contribution in [-0.4, -0.2) is 25.0 Å². The van der Waals surface area contributed by atoms with Crippen molar-refractivity contribution in [3.63, 3.8) is 0 Å². The lowest BCUT2D eigenvalue weighted by Gasteiger charge is -2.16. The van der Waals surface area contributed by atoms with E-state index in [1.807, 2.05) is 0 Å². The fourth-order valence-corrected chi connectivity index (χ4v) is 3.34. The number of nitrogens with zero attached hydrogens (tertiary/aromatic N) is 1. The molecule has 0 spiro atoms. The fraction of sp³-hybridized carbons (Fsp3) is 0.111. The van der Waals surface area contributed by atoms with Gasteiger partial charge in [0.15, 0.2) is 0 Å². The first-order valence-electron chi connectivity index (χ1n) is 7.61. The zero-order valence-corrected chi connectivity index (χ0v) is 15.3. The number of carboxylic acids is 1. The molecule has 0 heterocycles. The summed E-state index contributed by atoms with van der Waals surface area (Å²) in [6, 6.07) is 6.23. The molecule has 2 aromatic rings. The molecule has 0 saturated carbocycles. The average Bonchev–Trinajstić information content (AvgIpc) is 2.60. The Morgan fingerprint density at radius 1 is 1.24 bits per heavy atom. The van der Waals surface area contributed by atoms with Crippen molar-refractivity contribution in [3.8, 4) is 17.6 Å². The Morgan fingerprint density at radius 2 is 1.90 bits per heavy atom. The lowest BCUT2D eigenvalue weighted by Crippen LogP contribution is -2.24. The van der Waals surface area contributed by atoms with E-state index >= 15 is 0 Å². The number of hydrogen-bond acceptors (Lipinski definition) is 5. The van der Waals surface area contributed by atoms with Crippen LogP contribution in [0.3, 0.4) is 0 Å². The third kappa shape index (κ3) is 4.72. The number of halogens is 4. The van der Waals surface area contributed by atoms with Crippen LogP contribution in [0.2, 0.25) is 0 Å².